The first-order valence-electron chi connectivity index (χ1n) is 6.23. The number of nitrogens with zero attached hydrogens (tertiary/aromatic N) is 1. The molecule has 90 valence electrons. The van der Waals surface area contributed by atoms with Crippen molar-refractivity contribution in [2.75, 3.05) is 0 Å². The summed E-state index contributed by atoms with van der Waals surface area (Å²) in [5.74, 6) is 0. The monoisotopic (exact) mass is 261 g/mol. The van der Waals surface area contributed by atoms with Crippen LogP contribution in [0.2, 0.25) is 0 Å². The third-order valence-electron chi connectivity index (χ3n) is 3.38. The molecule has 0 aliphatic carbocycles. The molecule has 2 heterocycles. The quantitative estimate of drug-likeness (QED) is 0.463. The molecule has 2 aromatic heterocycles. The van der Waals surface area contributed by atoms with E-state index in [-0.39, 0.29) is 0 Å². The lowest BCUT2D eigenvalue weighted by atomic mass is 10.0. The Balaban J connectivity index is 1.99. The summed E-state index contributed by atoms with van der Waals surface area (Å²) in [6.07, 6.45) is 1.97. The van der Waals surface area contributed by atoms with Crippen LogP contribution in [-0.4, -0.2) is 4.98 Å². The Labute approximate surface area is 115 Å². The van der Waals surface area contributed by atoms with Gasteiger partial charge in [-0.05, 0) is 23.6 Å². The highest BCUT2D eigenvalue weighted by Gasteiger charge is 2.06. The van der Waals surface area contributed by atoms with Gasteiger partial charge < -0.3 is 0 Å². The summed E-state index contributed by atoms with van der Waals surface area (Å²) in [4.78, 5) is 4.55. The van der Waals surface area contributed by atoms with Crippen LogP contribution in [0.1, 0.15) is 0 Å². The maximum absolute atomic E-state index is 4.55. The second-order valence-corrected chi connectivity index (χ2v) is 5.47. The summed E-state index contributed by atoms with van der Waals surface area (Å²) >= 11 is 1.79. The van der Waals surface area contributed by atoms with Crippen LogP contribution in [0.4, 0.5) is 0 Å². The summed E-state index contributed by atoms with van der Waals surface area (Å²) in [6, 6.07) is 19.0. The molecule has 2 aromatic carbocycles. The summed E-state index contributed by atoms with van der Waals surface area (Å²) in [5, 5.41) is 4.72. The Kier molecular flexibility index (Phi) is 2.35. The van der Waals surface area contributed by atoms with E-state index in [1.807, 2.05) is 18.3 Å². The van der Waals surface area contributed by atoms with E-state index in [9.17, 15) is 0 Å². The molecule has 1 nitrogen and oxygen atoms in total. The Morgan fingerprint density at radius 1 is 0.895 bits per heavy atom. The molecule has 0 fully saturated rings. The van der Waals surface area contributed by atoms with Crippen LogP contribution < -0.4 is 0 Å². The summed E-state index contributed by atoms with van der Waals surface area (Å²) < 4.78 is 1.32. The highest BCUT2D eigenvalue weighted by atomic mass is 32.1. The molecule has 2 heteroatoms. The molecule has 0 radical (unpaired) electrons. The number of aromatic nitrogens is 1. The van der Waals surface area contributed by atoms with Crippen molar-refractivity contribution in [3.8, 4) is 11.1 Å². The number of pyridine rings is 1. The topological polar surface area (TPSA) is 12.9 Å². The molecule has 0 atom stereocenters. The van der Waals surface area contributed by atoms with Gasteiger partial charge in [0.2, 0.25) is 0 Å². The lowest BCUT2D eigenvalue weighted by Crippen LogP contribution is -1.81. The highest BCUT2D eigenvalue weighted by molar-refractivity contribution is 7.17. The predicted octanol–water partition coefficient (Wildman–Crippen LogP) is 5.12. The zero-order valence-electron chi connectivity index (χ0n) is 10.2. The largest absolute Gasteiger partial charge is 0.256 e. The van der Waals surface area contributed by atoms with E-state index < -0.39 is 0 Å². The van der Waals surface area contributed by atoms with E-state index in [2.05, 4.69) is 52.8 Å². The average molecular weight is 261 g/mol. The summed E-state index contributed by atoms with van der Waals surface area (Å²) in [5.41, 5.74) is 3.51. The van der Waals surface area contributed by atoms with Crippen molar-refractivity contribution in [1.29, 1.82) is 0 Å². The van der Waals surface area contributed by atoms with Gasteiger partial charge in [0.1, 0.15) is 0 Å². The Bertz CT molecular complexity index is 876. The minimum atomic E-state index is 1.05. The lowest BCUT2D eigenvalue weighted by Gasteiger charge is -2.02. The van der Waals surface area contributed by atoms with Gasteiger partial charge in [-0.2, -0.15) is 0 Å². The second kappa shape index (κ2) is 4.18. The van der Waals surface area contributed by atoms with Crippen molar-refractivity contribution >= 4 is 32.3 Å². The third kappa shape index (κ3) is 1.72. The van der Waals surface area contributed by atoms with E-state index in [1.165, 1.54) is 26.6 Å². The Hall–Kier alpha value is -2.19. The Morgan fingerprint density at radius 2 is 1.74 bits per heavy atom. The standard InChI is InChI=1S/C17H11NS/c1-3-7-16-12(5-1)9-13(10-18-16)15-11-19-17-8-4-2-6-14(15)17/h1-11H. The predicted molar refractivity (Wildman–Crippen MR) is 82.6 cm³/mol. The number of hydrogen-bond donors (Lipinski definition) is 0. The van der Waals surface area contributed by atoms with E-state index in [0.29, 0.717) is 0 Å². The van der Waals surface area contributed by atoms with Gasteiger partial charge in [-0.3, -0.25) is 4.98 Å². The second-order valence-electron chi connectivity index (χ2n) is 4.56. The van der Waals surface area contributed by atoms with Crippen molar-refractivity contribution in [3.63, 3.8) is 0 Å². The van der Waals surface area contributed by atoms with Crippen LogP contribution in [-0.2, 0) is 0 Å². The fourth-order valence-electron chi connectivity index (χ4n) is 2.42. The number of rotatable bonds is 1. The van der Waals surface area contributed by atoms with E-state index in [4.69, 9.17) is 0 Å². The normalized spacial score (nSPS) is 11.2. The smallest absolute Gasteiger partial charge is 0.0702 e. The van der Waals surface area contributed by atoms with E-state index in [1.54, 1.807) is 11.3 Å². The fraction of sp³-hybridized carbons (Fsp3) is 0. The first kappa shape index (κ1) is 10.7. The molecule has 0 unspecified atom stereocenters. The van der Waals surface area contributed by atoms with Crippen LogP contribution >= 0.6 is 11.3 Å². The van der Waals surface area contributed by atoms with Crippen molar-refractivity contribution < 1.29 is 0 Å². The van der Waals surface area contributed by atoms with E-state index >= 15 is 0 Å². The molecule has 19 heavy (non-hydrogen) atoms. The number of benzene rings is 2. The first-order valence-corrected chi connectivity index (χ1v) is 7.11. The minimum absolute atomic E-state index is 1.05. The molecule has 0 amide bonds. The first-order chi connectivity index (χ1) is 9.42. The van der Waals surface area contributed by atoms with Gasteiger partial charge in [0, 0.05) is 32.8 Å². The van der Waals surface area contributed by atoms with Crippen molar-refractivity contribution in [3.05, 3.63) is 66.2 Å². The number of hydrogen-bond acceptors (Lipinski definition) is 2. The molecule has 0 saturated heterocycles. The zero-order chi connectivity index (χ0) is 12.7. The molecule has 0 N–H and O–H groups in total. The molecular weight excluding hydrogens is 250 g/mol. The number of thiophene rings is 1. The maximum Gasteiger partial charge on any atom is 0.0702 e. The molecule has 0 bridgehead atoms. The van der Waals surface area contributed by atoms with Crippen molar-refractivity contribution in [2.45, 2.75) is 0 Å². The SMILES string of the molecule is c1ccc2ncc(-c3csc4ccccc34)cc2c1. The lowest BCUT2D eigenvalue weighted by molar-refractivity contribution is 1.41. The van der Waals surface area contributed by atoms with Crippen LogP contribution in [0.3, 0.4) is 0 Å². The van der Waals surface area contributed by atoms with Gasteiger partial charge in [-0.25, -0.2) is 0 Å². The molecule has 4 rings (SSSR count). The van der Waals surface area contributed by atoms with Crippen LogP contribution in [0, 0.1) is 0 Å². The molecule has 4 aromatic rings. The van der Waals surface area contributed by atoms with Gasteiger partial charge in [0.15, 0.2) is 0 Å². The molecule has 0 saturated carbocycles. The summed E-state index contributed by atoms with van der Waals surface area (Å²) in [6.45, 7) is 0. The van der Waals surface area contributed by atoms with Crippen molar-refractivity contribution in [2.24, 2.45) is 0 Å². The third-order valence-corrected chi connectivity index (χ3v) is 4.35. The van der Waals surface area contributed by atoms with Gasteiger partial charge in [-0.15, -0.1) is 11.3 Å². The Morgan fingerprint density at radius 3 is 2.74 bits per heavy atom. The van der Waals surface area contributed by atoms with Gasteiger partial charge in [0.25, 0.3) is 0 Å². The zero-order valence-corrected chi connectivity index (χ0v) is 11.0. The molecule has 0 spiro atoms. The van der Waals surface area contributed by atoms with Gasteiger partial charge in [0.05, 0.1) is 5.52 Å². The van der Waals surface area contributed by atoms with Crippen LogP contribution in [0.25, 0.3) is 32.1 Å². The minimum Gasteiger partial charge on any atom is -0.256 e. The van der Waals surface area contributed by atoms with Crippen LogP contribution in [0.15, 0.2) is 66.2 Å². The van der Waals surface area contributed by atoms with E-state index in [0.717, 1.165) is 5.52 Å². The molecule has 0 aliphatic rings. The molecule has 0 aliphatic heterocycles. The van der Waals surface area contributed by atoms with Gasteiger partial charge in [-0.1, -0.05) is 36.4 Å². The van der Waals surface area contributed by atoms with Crippen molar-refractivity contribution in [1.82, 2.24) is 4.98 Å². The highest BCUT2D eigenvalue weighted by Crippen LogP contribution is 2.34. The molecular formula is C17H11NS. The van der Waals surface area contributed by atoms with Gasteiger partial charge >= 0.3 is 0 Å². The van der Waals surface area contributed by atoms with Crippen LogP contribution in [0.5, 0.6) is 0 Å². The summed E-state index contributed by atoms with van der Waals surface area (Å²) in [7, 11) is 0. The fourth-order valence-corrected chi connectivity index (χ4v) is 3.39. The number of fused-ring (bicyclic) bond motifs is 2. The average Bonchev–Trinajstić information content (AvgIpc) is 2.91. The maximum atomic E-state index is 4.55. The number of para-hydroxylation sites is 1.